The van der Waals surface area contributed by atoms with Crippen molar-refractivity contribution in [2.75, 3.05) is 6.54 Å². The van der Waals surface area contributed by atoms with Crippen LogP contribution < -0.4 is 10.3 Å². The van der Waals surface area contributed by atoms with Crippen LogP contribution in [0.25, 0.3) is 5.65 Å². The average Bonchev–Trinajstić information content (AvgIpc) is 3.36. The molecule has 0 saturated heterocycles. The van der Waals surface area contributed by atoms with E-state index in [0.29, 0.717) is 5.82 Å². The highest BCUT2D eigenvalue weighted by molar-refractivity contribution is 7.89. The maximum absolute atomic E-state index is 13.1. The van der Waals surface area contributed by atoms with Crippen LogP contribution in [-0.2, 0) is 16.4 Å². The predicted molar refractivity (Wildman–Crippen MR) is 88.6 cm³/mol. The zero-order chi connectivity index (χ0) is 18.3. The molecule has 0 atom stereocenters. The van der Waals surface area contributed by atoms with Crippen LogP contribution in [0.1, 0.15) is 24.7 Å². The molecule has 0 radical (unpaired) electrons. The van der Waals surface area contributed by atoms with Crippen molar-refractivity contribution in [2.24, 2.45) is 0 Å². The number of nitrogens with one attached hydrogen (secondary N) is 1. The van der Waals surface area contributed by atoms with Crippen molar-refractivity contribution in [2.45, 2.75) is 30.2 Å². The van der Waals surface area contributed by atoms with Gasteiger partial charge in [0.25, 0.3) is 5.56 Å². The number of sulfonamides is 1. The molecule has 0 spiro atoms. The summed E-state index contributed by atoms with van der Waals surface area (Å²) in [6.45, 7) is 0.0192. The van der Waals surface area contributed by atoms with E-state index < -0.39 is 15.8 Å². The van der Waals surface area contributed by atoms with Crippen molar-refractivity contribution in [3.63, 3.8) is 0 Å². The van der Waals surface area contributed by atoms with Crippen molar-refractivity contribution in [1.29, 1.82) is 0 Å². The summed E-state index contributed by atoms with van der Waals surface area (Å²) in [4.78, 5) is 15.6. The van der Waals surface area contributed by atoms with Crippen LogP contribution in [0.2, 0.25) is 0 Å². The fourth-order valence-corrected chi connectivity index (χ4v) is 3.68. The van der Waals surface area contributed by atoms with Crippen molar-refractivity contribution >= 4 is 15.7 Å². The van der Waals surface area contributed by atoms with Gasteiger partial charge in [-0.25, -0.2) is 17.5 Å². The number of pyridine rings is 1. The van der Waals surface area contributed by atoms with Gasteiger partial charge in [0.2, 0.25) is 15.7 Å². The third-order valence-corrected chi connectivity index (χ3v) is 5.57. The minimum Gasteiger partial charge on any atom is -0.308 e. The molecule has 3 aromatic heterocycles. The first-order chi connectivity index (χ1) is 12.5. The highest BCUT2D eigenvalue weighted by Crippen LogP contribution is 2.33. The molecule has 3 aromatic rings. The molecule has 0 aliphatic heterocycles. The molecule has 3 heterocycles. The number of aromatic nitrogens is 5. The third-order valence-electron chi connectivity index (χ3n) is 4.14. The normalized spacial score (nSPS) is 14.8. The van der Waals surface area contributed by atoms with E-state index in [2.05, 4.69) is 19.9 Å². The highest BCUT2D eigenvalue weighted by Gasteiger charge is 2.25. The SMILES string of the molecule is O=c1c2nnc(CCNS(=O)(=O)c3cncc(F)c3)n2ccn1C1CC1. The number of nitrogens with zero attached hydrogens (tertiary/aromatic N) is 5. The standard InChI is InChI=1S/C15H15FN6O3S/c16-10-7-12(9-17-8-10)26(24,25)18-4-3-13-19-20-14-15(23)21(11-1-2-11)5-6-22(13)14/h5-9,11,18H,1-4H2. The first-order valence-corrected chi connectivity index (χ1v) is 9.49. The Labute approximate surface area is 147 Å². The minimum absolute atomic E-state index is 0.0192. The smallest absolute Gasteiger partial charge is 0.296 e. The van der Waals surface area contributed by atoms with Gasteiger partial charge in [0.05, 0.1) is 6.20 Å². The van der Waals surface area contributed by atoms with Gasteiger partial charge in [-0.2, -0.15) is 0 Å². The number of hydrogen-bond acceptors (Lipinski definition) is 6. The van der Waals surface area contributed by atoms with Crippen LogP contribution in [0, 0.1) is 5.82 Å². The minimum atomic E-state index is -3.88. The Kier molecular flexibility index (Phi) is 4.04. The molecule has 1 N–H and O–H groups in total. The summed E-state index contributed by atoms with van der Waals surface area (Å²) < 4.78 is 43.0. The molecular formula is C15H15FN6O3S. The van der Waals surface area contributed by atoms with Gasteiger partial charge in [-0.15, -0.1) is 10.2 Å². The number of rotatable bonds is 6. The van der Waals surface area contributed by atoms with Crippen LogP contribution in [0.3, 0.4) is 0 Å². The monoisotopic (exact) mass is 378 g/mol. The van der Waals surface area contributed by atoms with Gasteiger partial charge in [-0.3, -0.25) is 14.2 Å². The summed E-state index contributed by atoms with van der Waals surface area (Å²) in [6, 6.07) is 1.13. The molecule has 9 nitrogen and oxygen atoms in total. The van der Waals surface area contributed by atoms with Crippen LogP contribution in [0.4, 0.5) is 4.39 Å². The Morgan fingerprint density at radius 3 is 2.77 bits per heavy atom. The molecule has 1 fully saturated rings. The van der Waals surface area contributed by atoms with Crippen LogP contribution >= 0.6 is 0 Å². The Bertz CT molecular complexity index is 1140. The largest absolute Gasteiger partial charge is 0.308 e. The molecule has 1 saturated carbocycles. The topological polar surface area (TPSA) is 111 Å². The third kappa shape index (κ3) is 3.10. The highest BCUT2D eigenvalue weighted by atomic mass is 32.2. The molecule has 11 heteroatoms. The van der Waals surface area contributed by atoms with Gasteiger partial charge >= 0.3 is 0 Å². The Balaban J connectivity index is 1.50. The Hall–Kier alpha value is -2.66. The van der Waals surface area contributed by atoms with E-state index in [-0.39, 0.29) is 35.1 Å². The van der Waals surface area contributed by atoms with E-state index in [1.807, 2.05) is 0 Å². The van der Waals surface area contributed by atoms with Crippen LogP contribution in [-0.4, -0.2) is 39.1 Å². The molecule has 0 bridgehead atoms. The lowest BCUT2D eigenvalue weighted by Gasteiger charge is -2.06. The second kappa shape index (κ2) is 6.25. The lowest BCUT2D eigenvalue weighted by molar-refractivity contribution is 0.575. The van der Waals surface area contributed by atoms with Crippen LogP contribution in [0.5, 0.6) is 0 Å². The molecule has 1 aliphatic rings. The summed E-state index contributed by atoms with van der Waals surface area (Å²) in [7, 11) is -3.88. The van der Waals surface area contributed by atoms with Gasteiger partial charge in [0, 0.05) is 37.6 Å². The van der Waals surface area contributed by atoms with E-state index in [4.69, 9.17) is 0 Å². The van der Waals surface area contributed by atoms with E-state index >= 15 is 0 Å². The number of halogens is 1. The molecule has 4 rings (SSSR count). The summed E-state index contributed by atoms with van der Waals surface area (Å²) >= 11 is 0. The predicted octanol–water partition coefficient (Wildman–Crippen LogP) is 0.281. The fraction of sp³-hybridized carbons (Fsp3) is 0.333. The number of fused-ring (bicyclic) bond motifs is 1. The van der Waals surface area contributed by atoms with Gasteiger partial charge in [0.1, 0.15) is 16.5 Å². The summed E-state index contributed by atoms with van der Waals surface area (Å²) in [6.07, 6.45) is 7.57. The molecule has 1 aliphatic carbocycles. The maximum atomic E-state index is 13.1. The van der Waals surface area contributed by atoms with Gasteiger partial charge in [-0.1, -0.05) is 0 Å². The first-order valence-electron chi connectivity index (χ1n) is 8.01. The molecule has 0 unspecified atom stereocenters. The maximum Gasteiger partial charge on any atom is 0.296 e. The van der Waals surface area contributed by atoms with E-state index in [0.717, 1.165) is 31.3 Å². The number of hydrogen-bond donors (Lipinski definition) is 1. The van der Waals surface area contributed by atoms with Gasteiger partial charge in [0.15, 0.2) is 0 Å². The lowest BCUT2D eigenvalue weighted by Crippen LogP contribution is -2.27. The molecular weight excluding hydrogens is 363 g/mol. The molecule has 136 valence electrons. The molecule has 0 amide bonds. The quantitative estimate of drug-likeness (QED) is 0.660. The fourth-order valence-electron chi connectivity index (χ4n) is 2.68. The summed E-state index contributed by atoms with van der Waals surface area (Å²) in [5, 5.41) is 7.89. The van der Waals surface area contributed by atoms with Crippen molar-refractivity contribution < 1.29 is 12.8 Å². The van der Waals surface area contributed by atoms with Crippen molar-refractivity contribution in [1.82, 2.24) is 28.9 Å². The van der Waals surface area contributed by atoms with Crippen molar-refractivity contribution in [3.8, 4) is 0 Å². The summed E-state index contributed by atoms with van der Waals surface area (Å²) in [5.41, 5.74) is 0.00625. The summed E-state index contributed by atoms with van der Waals surface area (Å²) in [5.74, 6) is -0.275. The van der Waals surface area contributed by atoms with Gasteiger partial charge < -0.3 is 4.57 Å². The second-order valence-corrected chi connectivity index (χ2v) is 7.81. The molecule has 26 heavy (non-hydrogen) atoms. The zero-order valence-corrected chi connectivity index (χ0v) is 14.4. The average molecular weight is 378 g/mol. The van der Waals surface area contributed by atoms with E-state index in [1.54, 1.807) is 21.4 Å². The molecule has 0 aromatic carbocycles. The first kappa shape index (κ1) is 16.8. The van der Waals surface area contributed by atoms with E-state index in [1.165, 1.54) is 0 Å². The van der Waals surface area contributed by atoms with Crippen LogP contribution in [0.15, 0.2) is 40.5 Å². The Morgan fingerprint density at radius 2 is 2.04 bits per heavy atom. The zero-order valence-electron chi connectivity index (χ0n) is 13.5. The van der Waals surface area contributed by atoms with Gasteiger partial charge in [-0.05, 0) is 18.9 Å². The second-order valence-electron chi connectivity index (χ2n) is 6.04. The van der Waals surface area contributed by atoms with E-state index in [9.17, 15) is 17.6 Å². The lowest BCUT2D eigenvalue weighted by atomic mass is 10.4. The Morgan fingerprint density at radius 1 is 1.23 bits per heavy atom. The van der Waals surface area contributed by atoms with Crippen molar-refractivity contribution in [3.05, 3.63) is 52.8 Å².